The molecule has 0 bridgehead atoms. The van der Waals surface area contributed by atoms with E-state index in [1.165, 1.54) is 45.1 Å². The molecule has 0 spiro atoms. The smallest absolute Gasteiger partial charge is 0.105 e. The molecule has 1 saturated heterocycles. The molecule has 0 amide bonds. The first-order chi connectivity index (χ1) is 10.3. The maximum absolute atomic E-state index is 10.4. The number of hydrogen-bond acceptors (Lipinski definition) is 3. The van der Waals surface area contributed by atoms with Crippen molar-refractivity contribution in [1.82, 2.24) is 14.5 Å². The number of piperidine rings is 1. The Balaban J connectivity index is 1.62. The van der Waals surface area contributed by atoms with Gasteiger partial charge in [0.05, 0.1) is 6.10 Å². The van der Waals surface area contributed by atoms with Crippen LogP contribution in [0.15, 0.2) is 12.4 Å². The SMILES string of the molecule is Cc1nccn1CCN1CCCCC1C1CCCCC1O. The molecule has 3 atom stereocenters. The van der Waals surface area contributed by atoms with Crippen LogP contribution in [0.2, 0.25) is 0 Å². The fourth-order valence-electron chi connectivity index (χ4n) is 4.24. The third-order valence-electron chi connectivity index (χ3n) is 5.49. The molecule has 2 aliphatic rings. The van der Waals surface area contributed by atoms with Crippen molar-refractivity contribution in [2.45, 2.75) is 70.6 Å². The van der Waals surface area contributed by atoms with Crippen LogP contribution in [0, 0.1) is 12.8 Å². The minimum atomic E-state index is -0.0701. The van der Waals surface area contributed by atoms with Gasteiger partial charge in [0.15, 0.2) is 0 Å². The predicted molar refractivity (Wildman–Crippen MR) is 84.1 cm³/mol. The molecule has 1 aromatic rings. The molecule has 3 rings (SSSR count). The minimum Gasteiger partial charge on any atom is -0.393 e. The molecule has 2 heterocycles. The number of aliphatic hydroxyl groups is 1. The van der Waals surface area contributed by atoms with Crippen LogP contribution >= 0.6 is 0 Å². The second-order valence-corrected chi connectivity index (χ2v) is 6.78. The first-order valence-electron chi connectivity index (χ1n) is 8.65. The summed E-state index contributed by atoms with van der Waals surface area (Å²) in [6.45, 7) is 5.37. The van der Waals surface area contributed by atoms with Crippen LogP contribution in [0.5, 0.6) is 0 Å². The van der Waals surface area contributed by atoms with E-state index in [9.17, 15) is 5.11 Å². The number of hydrogen-bond donors (Lipinski definition) is 1. The number of imidazole rings is 1. The van der Waals surface area contributed by atoms with Gasteiger partial charge in [-0.05, 0) is 39.2 Å². The summed E-state index contributed by atoms with van der Waals surface area (Å²) < 4.78 is 2.24. The van der Waals surface area contributed by atoms with Crippen LogP contribution in [-0.2, 0) is 6.54 Å². The van der Waals surface area contributed by atoms with Gasteiger partial charge in [0.25, 0.3) is 0 Å². The van der Waals surface area contributed by atoms with E-state index >= 15 is 0 Å². The Morgan fingerprint density at radius 2 is 1.95 bits per heavy atom. The summed E-state index contributed by atoms with van der Waals surface area (Å²) >= 11 is 0. The van der Waals surface area contributed by atoms with Gasteiger partial charge in [-0.2, -0.15) is 0 Å². The molecule has 1 saturated carbocycles. The molecule has 1 aliphatic carbocycles. The Hall–Kier alpha value is -0.870. The van der Waals surface area contributed by atoms with Crippen molar-refractivity contribution in [2.24, 2.45) is 5.92 Å². The van der Waals surface area contributed by atoms with Gasteiger partial charge in [0.1, 0.15) is 5.82 Å². The van der Waals surface area contributed by atoms with Gasteiger partial charge in [0.2, 0.25) is 0 Å². The standard InChI is InChI=1S/C17H29N3O/c1-14-18-9-11-19(14)12-13-20-10-5-4-7-16(20)15-6-2-3-8-17(15)21/h9,11,15-17,21H,2-8,10,12-13H2,1H3. The Morgan fingerprint density at radius 1 is 1.14 bits per heavy atom. The van der Waals surface area contributed by atoms with Crippen molar-refractivity contribution in [2.75, 3.05) is 13.1 Å². The molecule has 0 radical (unpaired) electrons. The van der Waals surface area contributed by atoms with Crippen LogP contribution < -0.4 is 0 Å². The van der Waals surface area contributed by atoms with E-state index in [4.69, 9.17) is 0 Å². The topological polar surface area (TPSA) is 41.3 Å². The predicted octanol–water partition coefficient (Wildman–Crippen LogP) is 2.60. The van der Waals surface area contributed by atoms with E-state index in [-0.39, 0.29) is 6.10 Å². The summed E-state index contributed by atoms with van der Waals surface area (Å²) in [6.07, 6.45) is 12.5. The van der Waals surface area contributed by atoms with Gasteiger partial charge in [-0.3, -0.25) is 4.90 Å². The zero-order valence-corrected chi connectivity index (χ0v) is 13.2. The van der Waals surface area contributed by atoms with Crippen molar-refractivity contribution < 1.29 is 5.11 Å². The van der Waals surface area contributed by atoms with Crippen LogP contribution in [0.3, 0.4) is 0 Å². The molecule has 1 aromatic heterocycles. The zero-order valence-electron chi connectivity index (χ0n) is 13.2. The normalized spacial score (nSPS) is 31.4. The minimum absolute atomic E-state index is 0.0701. The lowest BCUT2D eigenvalue weighted by atomic mass is 9.78. The van der Waals surface area contributed by atoms with Crippen molar-refractivity contribution in [3.05, 3.63) is 18.2 Å². The average molecular weight is 291 g/mol. The van der Waals surface area contributed by atoms with E-state index < -0.39 is 0 Å². The van der Waals surface area contributed by atoms with E-state index in [0.29, 0.717) is 12.0 Å². The fourth-order valence-corrected chi connectivity index (χ4v) is 4.24. The molecule has 2 fully saturated rings. The highest BCUT2D eigenvalue weighted by atomic mass is 16.3. The maximum Gasteiger partial charge on any atom is 0.105 e. The third kappa shape index (κ3) is 3.49. The quantitative estimate of drug-likeness (QED) is 0.927. The van der Waals surface area contributed by atoms with E-state index in [1.54, 1.807) is 0 Å². The van der Waals surface area contributed by atoms with Gasteiger partial charge in [-0.25, -0.2) is 4.98 Å². The van der Waals surface area contributed by atoms with E-state index in [1.807, 2.05) is 6.20 Å². The largest absolute Gasteiger partial charge is 0.393 e. The zero-order chi connectivity index (χ0) is 14.7. The highest BCUT2D eigenvalue weighted by Crippen LogP contribution is 2.33. The van der Waals surface area contributed by atoms with Crippen molar-refractivity contribution in [1.29, 1.82) is 0 Å². The van der Waals surface area contributed by atoms with Gasteiger partial charge < -0.3 is 9.67 Å². The monoisotopic (exact) mass is 291 g/mol. The fraction of sp³-hybridized carbons (Fsp3) is 0.824. The van der Waals surface area contributed by atoms with Crippen molar-refractivity contribution in [3.8, 4) is 0 Å². The molecule has 0 aromatic carbocycles. The van der Waals surface area contributed by atoms with Gasteiger partial charge >= 0.3 is 0 Å². The molecule has 3 unspecified atom stereocenters. The Kier molecular flexibility index (Phi) is 4.96. The van der Waals surface area contributed by atoms with Crippen LogP contribution in [0.25, 0.3) is 0 Å². The molecule has 1 aliphatic heterocycles. The summed E-state index contributed by atoms with van der Waals surface area (Å²) in [5.74, 6) is 1.60. The van der Waals surface area contributed by atoms with E-state index in [0.717, 1.165) is 25.3 Å². The molecule has 21 heavy (non-hydrogen) atoms. The molecule has 4 nitrogen and oxygen atoms in total. The first-order valence-corrected chi connectivity index (χ1v) is 8.65. The van der Waals surface area contributed by atoms with Crippen molar-refractivity contribution >= 4 is 0 Å². The van der Waals surface area contributed by atoms with E-state index in [2.05, 4.69) is 27.6 Å². The summed E-state index contributed by atoms with van der Waals surface area (Å²) in [5.41, 5.74) is 0. The molecular weight excluding hydrogens is 262 g/mol. The number of aryl methyl sites for hydroxylation is 1. The summed E-state index contributed by atoms with van der Waals surface area (Å²) in [6, 6.07) is 0.595. The Morgan fingerprint density at radius 3 is 2.71 bits per heavy atom. The summed E-state index contributed by atoms with van der Waals surface area (Å²) in [5, 5.41) is 10.4. The molecule has 4 heteroatoms. The molecular formula is C17H29N3O. The highest BCUT2D eigenvalue weighted by Gasteiger charge is 2.35. The maximum atomic E-state index is 10.4. The molecule has 1 N–H and O–H groups in total. The summed E-state index contributed by atoms with van der Waals surface area (Å²) in [4.78, 5) is 6.95. The highest BCUT2D eigenvalue weighted by molar-refractivity contribution is 4.91. The Labute approximate surface area is 128 Å². The summed E-state index contributed by atoms with van der Waals surface area (Å²) in [7, 11) is 0. The number of aromatic nitrogens is 2. The number of rotatable bonds is 4. The third-order valence-corrected chi connectivity index (χ3v) is 5.49. The van der Waals surface area contributed by atoms with Gasteiger partial charge in [0, 0.05) is 37.4 Å². The van der Waals surface area contributed by atoms with Gasteiger partial charge in [-0.1, -0.05) is 19.3 Å². The van der Waals surface area contributed by atoms with Crippen LogP contribution in [0.4, 0.5) is 0 Å². The van der Waals surface area contributed by atoms with Gasteiger partial charge in [-0.15, -0.1) is 0 Å². The lowest BCUT2D eigenvalue weighted by Gasteiger charge is -2.43. The second kappa shape index (κ2) is 6.93. The van der Waals surface area contributed by atoms with Crippen LogP contribution in [-0.4, -0.2) is 44.8 Å². The number of aliphatic hydroxyl groups excluding tert-OH is 1. The first kappa shape index (κ1) is 15.0. The van der Waals surface area contributed by atoms with Crippen molar-refractivity contribution in [3.63, 3.8) is 0 Å². The number of nitrogens with zero attached hydrogens (tertiary/aromatic N) is 3. The Bertz CT molecular complexity index is 445. The second-order valence-electron chi connectivity index (χ2n) is 6.78. The lowest BCUT2D eigenvalue weighted by molar-refractivity contribution is -0.00658. The lowest BCUT2D eigenvalue weighted by Crippen LogP contribution is -2.49. The van der Waals surface area contributed by atoms with Crippen LogP contribution in [0.1, 0.15) is 50.8 Å². The molecule has 118 valence electrons. The average Bonchev–Trinajstić information content (AvgIpc) is 2.91. The number of likely N-dealkylation sites (tertiary alicyclic amines) is 1.